The highest BCUT2D eigenvalue weighted by Gasteiger charge is 2.19. The monoisotopic (exact) mass is 306 g/mol. The van der Waals surface area contributed by atoms with E-state index in [1.165, 1.54) is 5.56 Å². The molecular formula is C13H14N4OS2. The normalized spacial score (nSPS) is 13.2. The van der Waals surface area contributed by atoms with Gasteiger partial charge in [0.25, 0.3) is 0 Å². The van der Waals surface area contributed by atoms with Crippen molar-refractivity contribution in [1.82, 2.24) is 14.8 Å². The Morgan fingerprint density at radius 1 is 1.35 bits per heavy atom. The summed E-state index contributed by atoms with van der Waals surface area (Å²) in [5.74, 6) is 2.79. The fourth-order valence-corrected chi connectivity index (χ4v) is 3.59. The summed E-state index contributed by atoms with van der Waals surface area (Å²) in [5.41, 5.74) is 1.23. The van der Waals surface area contributed by atoms with E-state index in [1.54, 1.807) is 23.5 Å². The molecule has 104 valence electrons. The molecule has 1 aromatic carbocycles. The van der Waals surface area contributed by atoms with Gasteiger partial charge in [-0.25, -0.2) is 0 Å². The van der Waals surface area contributed by atoms with Crippen LogP contribution in [0.3, 0.4) is 0 Å². The Bertz CT molecular complexity index is 600. The van der Waals surface area contributed by atoms with Crippen molar-refractivity contribution < 1.29 is 4.79 Å². The van der Waals surface area contributed by atoms with Crippen LogP contribution in [0, 0.1) is 0 Å². The van der Waals surface area contributed by atoms with E-state index in [4.69, 9.17) is 0 Å². The van der Waals surface area contributed by atoms with E-state index in [9.17, 15) is 4.79 Å². The van der Waals surface area contributed by atoms with Gasteiger partial charge in [-0.15, -0.1) is 22.0 Å². The summed E-state index contributed by atoms with van der Waals surface area (Å²) >= 11 is 3.26. The van der Waals surface area contributed by atoms with Crippen LogP contribution in [0.15, 0.2) is 35.5 Å². The zero-order valence-electron chi connectivity index (χ0n) is 10.8. The SMILES string of the molecule is O=C(CSCc1ccccc1)Nc1nnc2n1CCS2. The largest absolute Gasteiger partial charge is 0.294 e. The maximum absolute atomic E-state index is 11.9. The van der Waals surface area contributed by atoms with Crippen LogP contribution in [0.1, 0.15) is 5.56 Å². The Kier molecular flexibility index (Phi) is 4.27. The average molecular weight is 306 g/mol. The van der Waals surface area contributed by atoms with Crippen molar-refractivity contribution in [2.24, 2.45) is 0 Å². The minimum absolute atomic E-state index is 0.0296. The van der Waals surface area contributed by atoms with Crippen LogP contribution >= 0.6 is 23.5 Å². The molecule has 0 atom stereocenters. The fraction of sp³-hybridized carbons (Fsp3) is 0.308. The van der Waals surface area contributed by atoms with Crippen LogP contribution in [0.25, 0.3) is 0 Å². The molecule has 1 aliphatic heterocycles. The van der Waals surface area contributed by atoms with Crippen molar-refractivity contribution >= 4 is 35.4 Å². The Morgan fingerprint density at radius 3 is 3.05 bits per heavy atom. The van der Waals surface area contributed by atoms with Gasteiger partial charge in [0.2, 0.25) is 11.9 Å². The van der Waals surface area contributed by atoms with Crippen molar-refractivity contribution in [2.75, 3.05) is 16.8 Å². The second kappa shape index (κ2) is 6.32. The van der Waals surface area contributed by atoms with Gasteiger partial charge in [0.15, 0.2) is 5.16 Å². The van der Waals surface area contributed by atoms with E-state index in [1.807, 2.05) is 22.8 Å². The van der Waals surface area contributed by atoms with Crippen molar-refractivity contribution in [3.8, 4) is 0 Å². The summed E-state index contributed by atoms with van der Waals surface area (Å²) in [7, 11) is 0. The third kappa shape index (κ3) is 3.16. The predicted octanol–water partition coefficient (Wildman–Crippen LogP) is 2.26. The van der Waals surface area contributed by atoms with E-state index in [-0.39, 0.29) is 5.91 Å². The van der Waals surface area contributed by atoms with Gasteiger partial charge in [0, 0.05) is 18.1 Å². The van der Waals surface area contributed by atoms with Gasteiger partial charge in [-0.3, -0.25) is 14.7 Å². The number of amides is 1. The van der Waals surface area contributed by atoms with Gasteiger partial charge in [-0.2, -0.15) is 0 Å². The molecule has 0 saturated carbocycles. The molecule has 0 saturated heterocycles. The number of hydrogen-bond donors (Lipinski definition) is 1. The highest BCUT2D eigenvalue weighted by molar-refractivity contribution is 7.99. The third-order valence-corrected chi connectivity index (χ3v) is 4.81. The molecule has 0 radical (unpaired) electrons. The standard InChI is InChI=1S/C13H14N4OS2/c18-11(9-19-8-10-4-2-1-3-5-10)14-12-15-16-13-17(12)6-7-20-13/h1-5H,6-9H2,(H,14,15,18). The molecule has 5 nitrogen and oxygen atoms in total. The topological polar surface area (TPSA) is 59.8 Å². The van der Waals surface area contributed by atoms with Crippen molar-refractivity contribution in [2.45, 2.75) is 17.5 Å². The van der Waals surface area contributed by atoms with Gasteiger partial charge in [0.1, 0.15) is 0 Å². The molecule has 0 spiro atoms. The first-order valence-electron chi connectivity index (χ1n) is 6.30. The molecule has 1 aromatic heterocycles. The number of thioether (sulfide) groups is 2. The lowest BCUT2D eigenvalue weighted by Crippen LogP contribution is -2.17. The smallest absolute Gasteiger partial charge is 0.236 e. The van der Waals surface area contributed by atoms with E-state index in [2.05, 4.69) is 27.6 Å². The number of benzene rings is 1. The molecule has 0 bridgehead atoms. The molecule has 20 heavy (non-hydrogen) atoms. The molecule has 1 N–H and O–H groups in total. The minimum atomic E-state index is -0.0296. The molecule has 1 aliphatic rings. The lowest BCUT2D eigenvalue weighted by atomic mass is 10.2. The first-order valence-corrected chi connectivity index (χ1v) is 8.44. The van der Waals surface area contributed by atoms with Gasteiger partial charge in [0.05, 0.1) is 5.75 Å². The molecule has 0 aliphatic carbocycles. The summed E-state index contributed by atoms with van der Waals surface area (Å²) in [6.45, 7) is 0.861. The third-order valence-electron chi connectivity index (χ3n) is 2.86. The van der Waals surface area contributed by atoms with Crippen molar-refractivity contribution in [3.63, 3.8) is 0 Å². The van der Waals surface area contributed by atoms with Crippen LogP contribution in [0.4, 0.5) is 5.95 Å². The number of anilines is 1. The van der Waals surface area contributed by atoms with E-state index in [0.29, 0.717) is 11.7 Å². The molecule has 7 heteroatoms. The lowest BCUT2D eigenvalue weighted by molar-refractivity contribution is -0.113. The molecule has 3 rings (SSSR count). The molecular weight excluding hydrogens is 292 g/mol. The first-order chi connectivity index (χ1) is 9.83. The summed E-state index contributed by atoms with van der Waals surface area (Å²) in [5, 5.41) is 11.7. The summed E-state index contributed by atoms with van der Waals surface area (Å²) in [4.78, 5) is 11.9. The highest BCUT2D eigenvalue weighted by atomic mass is 32.2. The lowest BCUT2D eigenvalue weighted by Gasteiger charge is -2.05. The number of fused-ring (bicyclic) bond motifs is 1. The minimum Gasteiger partial charge on any atom is -0.294 e. The molecule has 1 amide bonds. The van der Waals surface area contributed by atoms with Crippen LogP contribution in [0.5, 0.6) is 0 Å². The van der Waals surface area contributed by atoms with Gasteiger partial charge in [-0.05, 0) is 5.56 Å². The van der Waals surface area contributed by atoms with Crippen molar-refractivity contribution in [1.29, 1.82) is 0 Å². The Hall–Kier alpha value is -1.47. The summed E-state index contributed by atoms with van der Waals surface area (Å²) in [6, 6.07) is 10.1. The fourth-order valence-electron chi connectivity index (χ4n) is 1.91. The zero-order valence-corrected chi connectivity index (χ0v) is 12.4. The second-order valence-electron chi connectivity index (χ2n) is 4.33. The number of rotatable bonds is 5. The van der Waals surface area contributed by atoms with E-state index < -0.39 is 0 Å². The number of aromatic nitrogens is 3. The number of nitrogens with one attached hydrogen (secondary N) is 1. The molecule has 0 fully saturated rings. The maximum Gasteiger partial charge on any atom is 0.236 e. The molecule has 2 aromatic rings. The second-order valence-corrected chi connectivity index (χ2v) is 6.38. The average Bonchev–Trinajstić information content (AvgIpc) is 3.05. The van der Waals surface area contributed by atoms with E-state index >= 15 is 0 Å². The van der Waals surface area contributed by atoms with Crippen LogP contribution in [0.2, 0.25) is 0 Å². The summed E-state index contributed by atoms with van der Waals surface area (Å²) in [6.07, 6.45) is 0. The van der Waals surface area contributed by atoms with Gasteiger partial charge in [-0.1, -0.05) is 42.1 Å². The summed E-state index contributed by atoms with van der Waals surface area (Å²) < 4.78 is 1.95. The van der Waals surface area contributed by atoms with Crippen LogP contribution in [-0.2, 0) is 17.1 Å². The van der Waals surface area contributed by atoms with Crippen molar-refractivity contribution in [3.05, 3.63) is 35.9 Å². The Balaban J connectivity index is 1.48. The number of hydrogen-bond acceptors (Lipinski definition) is 5. The zero-order chi connectivity index (χ0) is 13.8. The Morgan fingerprint density at radius 2 is 2.20 bits per heavy atom. The van der Waals surface area contributed by atoms with Crippen LogP contribution in [-0.4, -0.2) is 32.2 Å². The quantitative estimate of drug-likeness (QED) is 0.918. The number of carbonyl (C=O) groups excluding carboxylic acids is 1. The highest BCUT2D eigenvalue weighted by Crippen LogP contribution is 2.26. The van der Waals surface area contributed by atoms with Gasteiger partial charge >= 0.3 is 0 Å². The molecule has 2 heterocycles. The number of nitrogens with zero attached hydrogens (tertiary/aromatic N) is 3. The van der Waals surface area contributed by atoms with E-state index in [0.717, 1.165) is 23.2 Å². The number of carbonyl (C=O) groups is 1. The maximum atomic E-state index is 11.9. The van der Waals surface area contributed by atoms with Crippen LogP contribution < -0.4 is 5.32 Å². The first kappa shape index (κ1) is 13.5. The predicted molar refractivity (Wildman–Crippen MR) is 82.0 cm³/mol. The van der Waals surface area contributed by atoms with Gasteiger partial charge < -0.3 is 0 Å². The molecule has 0 unspecified atom stereocenters. The Labute approximate surface area is 125 Å².